The minimum atomic E-state index is -0.0206. The van der Waals surface area contributed by atoms with Gasteiger partial charge in [0.05, 0.1) is 12.7 Å². The zero-order chi connectivity index (χ0) is 16.8. The Morgan fingerprint density at radius 3 is 2.22 bits per heavy atom. The molecule has 5 nitrogen and oxygen atoms in total. The van der Waals surface area contributed by atoms with Gasteiger partial charge in [-0.1, -0.05) is 48.5 Å². The Morgan fingerprint density at radius 1 is 1.26 bits per heavy atom. The van der Waals surface area contributed by atoms with Crippen LogP contribution in [0.15, 0.2) is 15.6 Å². The van der Waals surface area contributed by atoms with Crippen LogP contribution in [0, 0.1) is 10.8 Å². The van der Waals surface area contributed by atoms with Crippen molar-refractivity contribution in [1.82, 2.24) is 15.6 Å². The van der Waals surface area contributed by atoms with Crippen LogP contribution in [0.4, 0.5) is 0 Å². The summed E-state index contributed by atoms with van der Waals surface area (Å²) in [7, 11) is 1.79. The lowest BCUT2D eigenvalue weighted by Gasteiger charge is -2.14. The van der Waals surface area contributed by atoms with E-state index in [0.717, 1.165) is 11.7 Å². The molecule has 1 aromatic heterocycles. The molecule has 2 N–H and O–H groups in total. The van der Waals surface area contributed by atoms with E-state index in [1.54, 1.807) is 13.2 Å². The van der Waals surface area contributed by atoms with Crippen molar-refractivity contribution < 1.29 is 4.42 Å². The molecule has 1 saturated carbocycles. The minimum absolute atomic E-state index is 0. The molecule has 6 heteroatoms. The van der Waals surface area contributed by atoms with Gasteiger partial charge in [-0.2, -0.15) is 0 Å². The van der Waals surface area contributed by atoms with E-state index in [4.69, 9.17) is 4.42 Å². The highest BCUT2D eigenvalue weighted by atomic mass is 127. The number of aliphatic imine (C=N–C) groups is 1. The molecule has 0 spiro atoms. The van der Waals surface area contributed by atoms with Crippen LogP contribution < -0.4 is 10.6 Å². The molecular formula is C17H31IN4O. The van der Waals surface area contributed by atoms with Crippen molar-refractivity contribution in [2.45, 2.75) is 66.5 Å². The summed E-state index contributed by atoms with van der Waals surface area (Å²) in [5.41, 5.74) is 0.521. The van der Waals surface area contributed by atoms with Gasteiger partial charge in [-0.25, -0.2) is 4.98 Å². The Kier molecular flexibility index (Phi) is 5.82. The monoisotopic (exact) mass is 434 g/mol. The summed E-state index contributed by atoms with van der Waals surface area (Å²) in [5.74, 6) is 2.37. The van der Waals surface area contributed by atoms with Crippen LogP contribution in [-0.2, 0) is 12.0 Å². The maximum absolute atomic E-state index is 5.79. The predicted molar refractivity (Wildman–Crippen MR) is 105 cm³/mol. The van der Waals surface area contributed by atoms with E-state index >= 15 is 0 Å². The van der Waals surface area contributed by atoms with Gasteiger partial charge in [-0.15, -0.1) is 24.0 Å². The molecule has 1 heterocycles. The largest absolute Gasteiger partial charge is 0.443 e. The number of oxazole rings is 1. The summed E-state index contributed by atoms with van der Waals surface area (Å²) >= 11 is 0. The van der Waals surface area contributed by atoms with E-state index in [1.165, 1.54) is 0 Å². The van der Waals surface area contributed by atoms with Gasteiger partial charge in [-0.05, 0) is 10.8 Å². The van der Waals surface area contributed by atoms with Gasteiger partial charge in [0.2, 0.25) is 5.89 Å². The van der Waals surface area contributed by atoms with Crippen molar-refractivity contribution in [2.24, 2.45) is 15.8 Å². The van der Waals surface area contributed by atoms with E-state index < -0.39 is 0 Å². The standard InChI is InChI=1S/C17H30N4O.HI/c1-15(2,3)11-9-19-12(22-11)10-20-14(18-8)21-13-16(4,5)17(13,6)7;/h9,13H,10H2,1-8H3,(H2,18,20,21);1H. The Hall–Kier alpha value is -0.790. The highest BCUT2D eigenvalue weighted by Gasteiger charge is 2.65. The Labute approximate surface area is 157 Å². The van der Waals surface area contributed by atoms with Crippen molar-refractivity contribution in [1.29, 1.82) is 0 Å². The van der Waals surface area contributed by atoms with Crippen LogP contribution in [0.3, 0.4) is 0 Å². The first-order chi connectivity index (χ1) is 10.00. The molecule has 1 aliphatic rings. The molecule has 0 amide bonds. The number of halogens is 1. The van der Waals surface area contributed by atoms with Crippen molar-refractivity contribution in [3.63, 3.8) is 0 Å². The number of nitrogens with one attached hydrogen (secondary N) is 2. The first-order valence-electron chi connectivity index (χ1n) is 7.92. The van der Waals surface area contributed by atoms with Crippen LogP contribution >= 0.6 is 24.0 Å². The van der Waals surface area contributed by atoms with Gasteiger partial charge in [0, 0.05) is 18.5 Å². The average Bonchev–Trinajstić information content (AvgIpc) is 2.77. The molecule has 132 valence electrons. The maximum atomic E-state index is 5.79. The second-order valence-corrected chi connectivity index (χ2v) is 8.31. The fraction of sp³-hybridized carbons (Fsp3) is 0.765. The second-order valence-electron chi connectivity index (χ2n) is 8.31. The van der Waals surface area contributed by atoms with Crippen LogP contribution in [0.2, 0.25) is 0 Å². The van der Waals surface area contributed by atoms with Gasteiger partial charge in [0.25, 0.3) is 0 Å². The van der Waals surface area contributed by atoms with Gasteiger partial charge in [0.15, 0.2) is 5.96 Å². The van der Waals surface area contributed by atoms with Crippen LogP contribution in [-0.4, -0.2) is 24.0 Å². The first-order valence-corrected chi connectivity index (χ1v) is 7.92. The molecule has 0 bridgehead atoms. The summed E-state index contributed by atoms with van der Waals surface area (Å²) in [6, 6.07) is 0.417. The van der Waals surface area contributed by atoms with E-state index in [9.17, 15) is 0 Å². The molecule has 1 aromatic rings. The fourth-order valence-corrected chi connectivity index (χ4v) is 2.79. The van der Waals surface area contributed by atoms with Gasteiger partial charge < -0.3 is 15.1 Å². The number of hydrogen-bond acceptors (Lipinski definition) is 3. The van der Waals surface area contributed by atoms with Crippen LogP contribution in [0.25, 0.3) is 0 Å². The molecule has 2 rings (SSSR count). The molecule has 0 atom stereocenters. The summed E-state index contributed by atoms with van der Waals surface area (Å²) < 4.78 is 5.79. The third kappa shape index (κ3) is 4.00. The Balaban J connectivity index is 0.00000264. The number of guanidine groups is 1. The van der Waals surface area contributed by atoms with Gasteiger partial charge >= 0.3 is 0 Å². The number of nitrogens with zero attached hydrogens (tertiary/aromatic N) is 2. The first kappa shape index (κ1) is 20.3. The summed E-state index contributed by atoms with van der Waals surface area (Å²) in [6.07, 6.45) is 1.81. The lowest BCUT2D eigenvalue weighted by atomic mass is 9.94. The lowest BCUT2D eigenvalue weighted by Crippen LogP contribution is -2.40. The zero-order valence-electron chi connectivity index (χ0n) is 15.6. The molecule has 0 unspecified atom stereocenters. The summed E-state index contributed by atoms with van der Waals surface area (Å²) in [5, 5.41) is 6.78. The minimum Gasteiger partial charge on any atom is -0.443 e. The summed E-state index contributed by atoms with van der Waals surface area (Å²) in [6.45, 7) is 16.0. The maximum Gasteiger partial charge on any atom is 0.213 e. The SMILES string of the molecule is CN=C(NCc1ncc(C(C)(C)C)o1)NC1C(C)(C)C1(C)C.I. The molecule has 23 heavy (non-hydrogen) atoms. The third-order valence-corrected chi connectivity index (χ3v) is 5.23. The molecule has 0 aromatic carbocycles. The topological polar surface area (TPSA) is 62.5 Å². The number of hydrogen-bond donors (Lipinski definition) is 2. The highest BCUT2D eigenvalue weighted by Crippen LogP contribution is 2.62. The van der Waals surface area contributed by atoms with Crippen molar-refractivity contribution >= 4 is 29.9 Å². The van der Waals surface area contributed by atoms with Crippen molar-refractivity contribution in [3.8, 4) is 0 Å². The number of rotatable bonds is 3. The van der Waals surface area contributed by atoms with Gasteiger partial charge in [0.1, 0.15) is 5.76 Å². The second kappa shape index (κ2) is 6.61. The number of aromatic nitrogens is 1. The fourth-order valence-electron chi connectivity index (χ4n) is 2.79. The molecule has 0 radical (unpaired) electrons. The van der Waals surface area contributed by atoms with Crippen LogP contribution in [0.1, 0.15) is 60.1 Å². The van der Waals surface area contributed by atoms with Crippen molar-refractivity contribution in [2.75, 3.05) is 7.05 Å². The van der Waals surface area contributed by atoms with Crippen molar-refractivity contribution in [3.05, 3.63) is 17.8 Å². The highest BCUT2D eigenvalue weighted by molar-refractivity contribution is 14.0. The Morgan fingerprint density at radius 2 is 1.83 bits per heavy atom. The predicted octanol–water partition coefficient (Wildman–Crippen LogP) is 3.69. The molecule has 0 aliphatic heterocycles. The zero-order valence-corrected chi connectivity index (χ0v) is 17.9. The molecular weight excluding hydrogens is 403 g/mol. The normalized spacial score (nSPS) is 19.9. The molecule has 1 fully saturated rings. The molecule has 1 aliphatic carbocycles. The summed E-state index contributed by atoms with van der Waals surface area (Å²) in [4.78, 5) is 8.62. The van der Waals surface area contributed by atoms with E-state index in [1.807, 2.05) is 0 Å². The average molecular weight is 434 g/mol. The smallest absolute Gasteiger partial charge is 0.213 e. The lowest BCUT2D eigenvalue weighted by molar-refractivity contribution is 0.379. The Bertz CT molecular complexity index is 555. The molecule has 0 saturated heterocycles. The van der Waals surface area contributed by atoms with E-state index in [2.05, 4.69) is 69.1 Å². The van der Waals surface area contributed by atoms with E-state index in [-0.39, 0.29) is 40.2 Å². The third-order valence-electron chi connectivity index (χ3n) is 5.23. The van der Waals surface area contributed by atoms with E-state index in [0.29, 0.717) is 18.5 Å². The quantitative estimate of drug-likeness (QED) is 0.433. The van der Waals surface area contributed by atoms with Gasteiger partial charge in [-0.3, -0.25) is 4.99 Å². The van der Waals surface area contributed by atoms with Crippen LogP contribution in [0.5, 0.6) is 0 Å².